The Labute approximate surface area is 163 Å². The van der Waals surface area contributed by atoms with E-state index in [1.807, 2.05) is 19.1 Å². The summed E-state index contributed by atoms with van der Waals surface area (Å²) in [6.07, 6.45) is 0. The normalized spacial score (nSPS) is 19.6. The van der Waals surface area contributed by atoms with Crippen LogP contribution >= 0.6 is 0 Å². The van der Waals surface area contributed by atoms with Crippen molar-refractivity contribution in [3.05, 3.63) is 65.0 Å². The first-order valence-electron chi connectivity index (χ1n) is 9.48. The van der Waals surface area contributed by atoms with Crippen molar-refractivity contribution in [1.82, 2.24) is 15.5 Å². The van der Waals surface area contributed by atoms with Gasteiger partial charge >= 0.3 is 6.03 Å². The van der Waals surface area contributed by atoms with Gasteiger partial charge < -0.3 is 15.5 Å². The minimum atomic E-state index is -0.311. The molecule has 1 atom stereocenters. The molecule has 0 spiro atoms. The van der Waals surface area contributed by atoms with Crippen LogP contribution in [0.1, 0.15) is 27.5 Å². The SMILES string of the molecule is Cc1c(C(=O)N2CCNCC2c2cccc(F)c2)cccc1N1CCNC1=O. The fourth-order valence-corrected chi connectivity index (χ4v) is 3.96. The average Bonchev–Trinajstić information content (AvgIpc) is 3.13. The molecule has 0 aliphatic carbocycles. The molecule has 0 aromatic heterocycles. The summed E-state index contributed by atoms with van der Waals surface area (Å²) in [6, 6.07) is 11.5. The number of amides is 3. The van der Waals surface area contributed by atoms with Gasteiger partial charge in [-0.1, -0.05) is 18.2 Å². The van der Waals surface area contributed by atoms with E-state index in [-0.39, 0.29) is 23.8 Å². The van der Waals surface area contributed by atoms with Crippen LogP contribution in [-0.4, -0.2) is 49.6 Å². The topological polar surface area (TPSA) is 64.7 Å². The van der Waals surface area contributed by atoms with Gasteiger partial charge in [-0.25, -0.2) is 9.18 Å². The third-order valence-electron chi connectivity index (χ3n) is 5.42. The Morgan fingerprint density at radius 3 is 2.71 bits per heavy atom. The van der Waals surface area contributed by atoms with E-state index in [1.165, 1.54) is 12.1 Å². The lowest BCUT2D eigenvalue weighted by atomic mass is 9.99. The number of carbonyl (C=O) groups excluding carboxylic acids is 2. The van der Waals surface area contributed by atoms with E-state index in [2.05, 4.69) is 10.6 Å². The van der Waals surface area contributed by atoms with Crippen molar-refractivity contribution in [2.75, 3.05) is 37.6 Å². The van der Waals surface area contributed by atoms with Gasteiger partial charge in [-0.3, -0.25) is 9.69 Å². The maximum absolute atomic E-state index is 13.7. The zero-order valence-corrected chi connectivity index (χ0v) is 15.7. The van der Waals surface area contributed by atoms with Crippen LogP contribution in [0.4, 0.5) is 14.9 Å². The molecule has 3 amide bonds. The summed E-state index contributed by atoms with van der Waals surface area (Å²) in [5, 5.41) is 6.08. The zero-order chi connectivity index (χ0) is 19.7. The molecule has 2 heterocycles. The molecule has 7 heteroatoms. The fraction of sp³-hybridized carbons (Fsp3) is 0.333. The number of nitrogens with one attached hydrogen (secondary N) is 2. The van der Waals surface area contributed by atoms with Crippen molar-refractivity contribution < 1.29 is 14.0 Å². The van der Waals surface area contributed by atoms with Crippen LogP contribution in [0, 0.1) is 12.7 Å². The summed E-state index contributed by atoms with van der Waals surface area (Å²) >= 11 is 0. The molecule has 2 fully saturated rings. The number of hydrogen-bond acceptors (Lipinski definition) is 3. The second-order valence-electron chi connectivity index (χ2n) is 7.11. The van der Waals surface area contributed by atoms with Crippen LogP contribution in [0.5, 0.6) is 0 Å². The molecule has 6 nitrogen and oxygen atoms in total. The highest BCUT2D eigenvalue weighted by Gasteiger charge is 2.31. The number of halogens is 1. The summed E-state index contributed by atoms with van der Waals surface area (Å²) in [4.78, 5) is 28.9. The van der Waals surface area contributed by atoms with Crippen LogP contribution in [-0.2, 0) is 0 Å². The van der Waals surface area contributed by atoms with Crippen LogP contribution in [0.25, 0.3) is 0 Å². The van der Waals surface area contributed by atoms with Crippen molar-refractivity contribution in [2.24, 2.45) is 0 Å². The van der Waals surface area contributed by atoms with Crippen LogP contribution in [0.15, 0.2) is 42.5 Å². The third kappa shape index (κ3) is 3.33. The Kier molecular flexibility index (Phi) is 5.00. The first-order valence-corrected chi connectivity index (χ1v) is 9.48. The second-order valence-corrected chi connectivity index (χ2v) is 7.11. The second kappa shape index (κ2) is 7.59. The Morgan fingerprint density at radius 1 is 1.14 bits per heavy atom. The van der Waals surface area contributed by atoms with E-state index in [0.717, 1.165) is 16.8 Å². The summed E-state index contributed by atoms with van der Waals surface area (Å²) < 4.78 is 13.7. The number of rotatable bonds is 3. The smallest absolute Gasteiger partial charge is 0.322 e. The van der Waals surface area contributed by atoms with Crippen LogP contribution in [0.3, 0.4) is 0 Å². The fourth-order valence-electron chi connectivity index (χ4n) is 3.96. The lowest BCUT2D eigenvalue weighted by Crippen LogP contribution is -2.48. The van der Waals surface area contributed by atoms with Crippen molar-refractivity contribution in [3.8, 4) is 0 Å². The van der Waals surface area contributed by atoms with Gasteiger partial charge in [-0.05, 0) is 42.3 Å². The highest BCUT2D eigenvalue weighted by atomic mass is 19.1. The number of hydrogen-bond donors (Lipinski definition) is 2. The number of carbonyl (C=O) groups is 2. The van der Waals surface area contributed by atoms with Gasteiger partial charge in [0.15, 0.2) is 0 Å². The monoisotopic (exact) mass is 382 g/mol. The lowest BCUT2D eigenvalue weighted by Gasteiger charge is -2.37. The third-order valence-corrected chi connectivity index (χ3v) is 5.42. The number of anilines is 1. The minimum absolute atomic E-state index is 0.102. The molecule has 4 rings (SSSR count). The molecule has 28 heavy (non-hydrogen) atoms. The molecule has 2 aliphatic heterocycles. The van der Waals surface area contributed by atoms with Crippen molar-refractivity contribution in [1.29, 1.82) is 0 Å². The van der Waals surface area contributed by atoms with Gasteiger partial charge in [0.2, 0.25) is 0 Å². The summed E-state index contributed by atoms with van der Waals surface area (Å²) in [6.45, 7) is 4.83. The average molecular weight is 382 g/mol. The molecule has 2 aromatic rings. The summed E-state index contributed by atoms with van der Waals surface area (Å²) in [5.41, 5.74) is 2.87. The van der Waals surface area contributed by atoms with Gasteiger partial charge in [0.1, 0.15) is 5.82 Å². The lowest BCUT2D eigenvalue weighted by molar-refractivity contribution is 0.0633. The summed E-state index contributed by atoms with van der Waals surface area (Å²) in [7, 11) is 0. The first kappa shape index (κ1) is 18.4. The quantitative estimate of drug-likeness (QED) is 0.857. The number of piperazine rings is 1. The van der Waals surface area contributed by atoms with Gasteiger partial charge in [-0.2, -0.15) is 0 Å². The van der Waals surface area contributed by atoms with E-state index in [1.54, 1.807) is 28.0 Å². The molecule has 0 saturated carbocycles. The zero-order valence-electron chi connectivity index (χ0n) is 15.7. The van der Waals surface area contributed by atoms with Gasteiger partial charge in [0.25, 0.3) is 5.91 Å². The molecule has 0 radical (unpaired) electrons. The molecule has 2 aliphatic rings. The number of nitrogens with zero attached hydrogens (tertiary/aromatic N) is 2. The van der Waals surface area contributed by atoms with E-state index < -0.39 is 0 Å². The Hall–Kier alpha value is -2.93. The number of benzene rings is 2. The minimum Gasteiger partial charge on any atom is -0.336 e. The Morgan fingerprint density at radius 2 is 1.96 bits per heavy atom. The number of urea groups is 1. The van der Waals surface area contributed by atoms with Crippen molar-refractivity contribution in [2.45, 2.75) is 13.0 Å². The molecule has 2 saturated heterocycles. The standard InChI is InChI=1S/C21H23FN4O2/c1-14-17(6-3-7-18(14)26-11-9-24-21(26)28)20(27)25-10-8-23-13-19(25)15-4-2-5-16(22)12-15/h2-7,12,19,23H,8-11,13H2,1H3,(H,24,28). The first-order chi connectivity index (χ1) is 13.6. The molecule has 2 N–H and O–H groups in total. The molecule has 2 aromatic carbocycles. The molecular formula is C21H23FN4O2. The van der Waals surface area contributed by atoms with Crippen molar-refractivity contribution >= 4 is 17.6 Å². The maximum atomic E-state index is 13.7. The van der Waals surface area contributed by atoms with Gasteiger partial charge in [0, 0.05) is 44.0 Å². The van der Waals surface area contributed by atoms with Crippen LogP contribution < -0.4 is 15.5 Å². The highest BCUT2D eigenvalue weighted by Crippen LogP contribution is 2.29. The van der Waals surface area contributed by atoms with E-state index in [0.29, 0.717) is 38.3 Å². The maximum Gasteiger partial charge on any atom is 0.322 e. The predicted molar refractivity (Wildman–Crippen MR) is 105 cm³/mol. The van der Waals surface area contributed by atoms with Gasteiger partial charge in [0.05, 0.1) is 6.04 Å². The molecule has 0 bridgehead atoms. The van der Waals surface area contributed by atoms with E-state index >= 15 is 0 Å². The Bertz CT molecular complexity index is 917. The summed E-state index contributed by atoms with van der Waals surface area (Å²) in [5.74, 6) is -0.414. The van der Waals surface area contributed by atoms with Crippen LogP contribution in [0.2, 0.25) is 0 Å². The predicted octanol–water partition coefficient (Wildman–Crippen LogP) is 2.45. The van der Waals surface area contributed by atoms with Crippen molar-refractivity contribution in [3.63, 3.8) is 0 Å². The van der Waals surface area contributed by atoms with E-state index in [4.69, 9.17) is 0 Å². The molecule has 146 valence electrons. The highest BCUT2D eigenvalue weighted by molar-refractivity contribution is 6.00. The van der Waals surface area contributed by atoms with Gasteiger partial charge in [-0.15, -0.1) is 0 Å². The largest absolute Gasteiger partial charge is 0.336 e. The Balaban J connectivity index is 1.67. The van der Waals surface area contributed by atoms with E-state index in [9.17, 15) is 14.0 Å². The molecule has 1 unspecified atom stereocenters. The molecular weight excluding hydrogens is 359 g/mol.